The zero-order chi connectivity index (χ0) is 16.3. The fourth-order valence-corrected chi connectivity index (χ4v) is 2.89. The number of rotatable bonds is 4. The Balaban J connectivity index is 2.41. The van der Waals surface area contributed by atoms with E-state index in [-0.39, 0.29) is 16.1 Å². The van der Waals surface area contributed by atoms with E-state index in [1.807, 2.05) is 6.92 Å². The summed E-state index contributed by atoms with van der Waals surface area (Å²) in [6, 6.07) is 9.34. The van der Waals surface area contributed by atoms with Crippen molar-refractivity contribution < 1.29 is 22.3 Å². The largest absolute Gasteiger partial charge is 0.465 e. The van der Waals surface area contributed by atoms with Crippen LogP contribution >= 0.6 is 0 Å². The predicted octanol–water partition coefficient (Wildman–Crippen LogP) is 2.72. The molecular formula is C15H14FNO4S. The van der Waals surface area contributed by atoms with Crippen LogP contribution in [0.4, 0.5) is 10.1 Å². The Bertz CT molecular complexity index is 801. The summed E-state index contributed by atoms with van der Waals surface area (Å²) >= 11 is 0. The van der Waals surface area contributed by atoms with E-state index >= 15 is 0 Å². The summed E-state index contributed by atoms with van der Waals surface area (Å²) in [5, 5.41) is 0. The average molecular weight is 323 g/mol. The van der Waals surface area contributed by atoms with Crippen LogP contribution in [-0.2, 0) is 14.8 Å². The third-order valence-corrected chi connectivity index (χ3v) is 4.34. The summed E-state index contributed by atoms with van der Waals surface area (Å²) in [5.41, 5.74) is 0.669. The lowest BCUT2D eigenvalue weighted by molar-refractivity contribution is 0.0601. The minimum absolute atomic E-state index is 0.0400. The SMILES string of the molecule is COC(=O)c1cc(F)ccc1NS(=O)(=O)c1ccc(C)cc1. The molecule has 0 amide bonds. The van der Waals surface area contributed by atoms with E-state index in [2.05, 4.69) is 9.46 Å². The minimum Gasteiger partial charge on any atom is -0.465 e. The van der Waals surface area contributed by atoms with Crippen LogP contribution in [-0.4, -0.2) is 21.5 Å². The molecule has 116 valence electrons. The van der Waals surface area contributed by atoms with Crippen molar-refractivity contribution in [3.05, 3.63) is 59.4 Å². The van der Waals surface area contributed by atoms with Gasteiger partial charge in [-0.2, -0.15) is 0 Å². The van der Waals surface area contributed by atoms with Crippen LogP contribution in [0.3, 0.4) is 0 Å². The van der Waals surface area contributed by atoms with Gasteiger partial charge in [-0.05, 0) is 37.3 Å². The number of anilines is 1. The van der Waals surface area contributed by atoms with Gasteiger partial charge in [0, 0.05) is 0 Å². The number of carbonyl (C=O) groups is 1. The molecule has 2 aromatic rings. The molecular weight excluding hydrogens is 309 g/mol. The summed E-state index contributed by atoms with van der Waals surface area (Å²) in [4.78, 5) is 11.7. The van der Waals surface area contributed by atoms with E-state index in [4.69, 9.17) is 0 Å². The molecule has 0 bridgehead atoms. The van der Waals surface area contributed by atoms with Crippen molar-refractivity contribution in [2.24, 2.45) is 0 Å². The van der Waals surface area contributed by atoms with Crippen molar-refractivity contribution in [3.63, 3.8) is 0 Å². The first kappa shape index (κ1) is 16.0. The molecule has 0 aliphatic rings. The Morgan fingerprint density at radius 2 is 1.77 bits per heavy atom. The molecule has 7 heteroatoms. The highest BCUT2D eigenvalue weighted by Gasteiger charge is 2.19. The Kier molecular flexibility index (Phi) is 4.46. The van der Waals surface area contributed by atoms with Crippen molar-refractivity contribution in [1.82, 2.24) is 0 Å². The molecule has 0 aliphatic heterocycles. The van der Waals surface area contributed by atoms with E-state index in [0.29, 0.717) is 0 Å². The fraction of sp³-hybridized carbons (Fsp3) is 0.133. The average Bonchev–Trinajstić information content (AvgIpc) is 2.48. The lowest BCUT2D eigenvalue weighted by Crippen LogP contribution is -2.16. The van der Waals surface area contributed by atoms with Crippen LogP contribution < -0.4 is 4.72 Å². The number of ether oxygens (including phenoxy) is 1. The van der Waals surface area contributed by atoms with Crippen molar-refractivity contribution in [2.45, 2.75) is 11.8 Å². The highest BCUT2D eigenvalue weighted by atomic mass is 32.2. The molecule has 0 fully saturated rings. The second kappa shape index (κ2) is 6.15. The number of aryl methyl sites for hydroxylation is 1. The number of esters is 1. The van der Waals surface area contributed by atoms with Crippen LogP contribution in [0.2, 0.25) is 0 Å². The molecule has 5 nitrogen and oxygen atoms in total. The molecule has 0 unspecified atom stereocenters. The number of carbonyl (C=O) groups excluding carboxylic acids is 1. The predicted molar refractivity (Wildman–Crippen MR) is 79.7 cm³/mol. The van der Waals surface area contributed by atoms with Gasteiger partial charge in [0.15, 0.2) is 0 Å². The highest BCUT2D eigenvalue weighted by molar-refractivity contribution is 7.92. The lowest BCUT2D eigenvalue weighted by atomic mass is 10.2. The second-order valence-corrected chi connectivity index (χ2v) is 6.28. The van der Waals surface area contributed by atoms with E-state index in [1.165, 1.54) is 18.2 Å². The summed E-state index contributed by atoms with van der Waals surface area (Å²) in [6.45, 7) is 1.83. The van der Waals surface area contributed by atoms with Gasteiger partial charge in [-0.3, -0.25) is 4.72 Å². The molecule has 0 radical (unpaired) electrons. The zero-order valence-electron chi connectivity index (χ0n) is 12.0. The maximum Gasteiger partial charge on any atom is 0.340 e. The van der Waals surface area contributed by atoms with Crippen LogP contribution in [0.1, 0.15) is 15.9 Å². The van der Waals surface area contributed by atoms with Crippen molar-refractivity contribution in [2.75, 3.05) is 11.8 Å². The van der Waals surface area contributed by atoms with E-state index in [0.717, 1.165) is 24.8 Å². The Labute approximate surface area is 127 Å². The van der Waals surface area contributed by atoms with Gasteiger partial charge in [0.25, 0.3) is 10.0 Å². The molecule has 0 aromatic heterocycles. The van der Waals surface area contributed by atoms with Gasteiger partial charge in [0.1, 0.15) is 5.82 Å². The van der Waals surface area contributed by atoms with Crippen molar-refractivity contribution in [3.8, 4) is 0 Å². The van der Waals surface area contributed by atoms with Gasteiger partial charge in [-0.1, -0.05) is 17.7 Å². The first-order valence-electron chi connectivity index (χ1n) is 6.31. The minimum atomic E-state index is -3.89. The maximum absolute atomic E-state index is 13.3. The Morgan fingerprint density at radius 1 is 1.14 bits per heavy atom. The Morgan fingerprint density at radius 3 is 2.36 bits per heavy atom. The third kappa shape index (κ3) is 3.43. The standard InChI is InChI=1S/C15H14FNO4S/c1-10-3-6-12(7-4-10)22(19,20)17-14-8-5-11(16)9-13(14)15(18)21-2/h3-9,17H,1-2H3. The molecule has 1 N–H and O–H groups in total. The molecule has 2 rings (SSSR count). The normalized spacial score (nSPS) is 11.0. The summed E-state index contributed by atoms with van der Waals surface area (Å²) < 4.78 is 44.7. The molecule has 2 aromatic carbocycles. The smallest absolute Gasteiger partial charge is 0.340 e. The van der Waals surface area contributed by atoms with Crippen LogP contribution in [0.25, 0.3) is 0 Å². The Hall–Kier alpha value is -2.41. The topological polar surface area (TPSA) is 72.5 Å². The summed E-state index contributed by atoms with van der Waals surface area (Å²) in [6.07, 6.45) is 0. The van der Waals surface area contributed by atoms with E-state index in [9.17, 15) is 17.6 Å². The summed E-state index contributed by atoms with van der Waals surface area (Å²) in [7, 11) is -2.76. The van der Waals surface area contributed by atoms with Crippen LogP contribution in [0, 0.1) is 12.7 Å². The maximum atomic E-state index is 13.3. The third-order valence-electron chi connectivity index (χ3n) is 2.96. The van der Waals surface area contributed by atoms with Crippen LogP contribution in [0.15, 0.2) is 47.4 Å². The number of hydrogen-bond donors (Lipinski definition) is 1. The number of benzene rings is 2. The van der Waals surface area contributed by atoms with Gasteiger partial charge in [-0.15, -0.1) is 0 Å². The highest BCUT2D eigenvalue weighted by Crippen LogP contribution is 2.22. The molecule has 0 saturated carbocycles. The van der Waals surface area contributed by atoms with Crippen molar-refractivity contribution in [1.29, 1.82) is 0 Å². The van der Waals surface area contributed by atoms with Gasteiger partial charge in [0.05, 0.1) is 23.3 Å². The number of methoxy groups -OCH3 is 1. The number of hydrogen-bond acceptors (Lipinski definition) is 4. The van der Waals surface area contributed by atoms with Crippen molar-refractivity contribution >= 4 is 21.7 Å². The summed E-state index contributed by atoms with van der Waals surface area (Å²) in [5.74, 6) is -1.50. The van der Waals surface area contributed by atoms with E-state index < -0.39 is 21.8 Å². The molecule has 22 heavy (non-hydrogen) atoms. The zero-order valence-corrected chi connectivity index (χ0v) is 12.8. The second-order valence-electron chi connectivity index (χ2n) is 4.60. The lowest BCUT2D eigenvalue weighted by Gasteiger charge is -2.12. The fourth-order valence-electron chi connectivity index (χ4n) is 1.81. The molecule has 0 spiro atoms. The number of halogens is 1. The van der Waals surface area contributed by atoms with E-state index in [1.54, 1.807) is 12.1 Å². The quantitative estimate of drug-likeness (QED) is 0.878. The monoisotopic (exact) mass is 323 g/mol. The molecule has 0 heterocycles. The molecule has 0 atom stereocenters. The first-order valence-corrected chi connectivity index (χ1v) is 7.79. The molecule has 0 aliphatic carbocycles. The first-order chi connectivity index (χ1) is 10.3. The number of sulfonamides is 1. The van der Waals surface area contributed by atoms with Gasteiger partial charge in [-0.25, -0.2) is 17.6 Å². The van der Waals surface area contributed by atoms with Gasteiger partial charge in [0.2, 0.25) is 0 Å². The molecule has 0 saturated heterocycles. The number of nitrogens with one attached hydrogen (secondary N) is 1. The van der Waals surface area contributed by atoms with Crippen LogP contribution in [0.5, 0.6) is 0 Å². The van der Waals surface area contributed by atoms with Gasteiger partial charge < -0.3 is 4.74 Å². The van der Waals surface area contributed by atoms with Gasteiger partial charge >= 0.3 is 5.97 Å².